The quantitative estimate of drug-likeness (QED) is 0.562. The average Bonchev–Trinajstić information content (AvgIpc) is 3.34. The lowest BCUT2D eigenvalue weighted by Crippen LogP contribution is -2.41. The third-order valence-corrected chi connectivity index (χ3v) is 6.38. The minimum absolute atomic E-state index is 0.207. The molecule has 4 atom stereocenters. The minimum Gasteiger partial charge on any atom is -0.303 e. The van der Waals surface area contributed by atoms with E-state index in [1.165, 1.54) is 11.0 Å². The van der Waals surface area contributed by atoms with E-state index in [0.717, 1.165) is 23.3 Å². The Bertz CT molecular complexity index is 1140. The summed E-state index contributed by atoms with van der Waals surface area (Å²) in [5.41, 5.74) is 7.52. The predicted molar refractivity (Wildman–Crippen MR) is 116 cm³/mol. The van der Waals surface area contributed by atoms with Gasteiger partial charge < -0.3 is 4.90 Å². The van der Waals surface area contributed by atoms with Gasteiger partial charge in [-0.25, -0.2) is 10.9 Å². The van der Waals surface area contributed by atoms with Crippen LogP contribution in [-0.2, 0) is 11.0 Å². The molecule has 164 valence electrons. The van der Waals surface area contributed by atoms with Gasteiger partial charge in [0.1, 0.15) is 6.04 Å². The molecule has 4 unspecified atom stereocenters. The van der Waals surface area contributed by atoms with E-state index >= 15 is 0 Å². The highest BCUT2D eigenvalue weighted by molar-refractivity contribution is 6.30. The van der Waals surface area contributed by atoms with E-state index in [0.29, 0.717) is 5.02 Å². The van der Waals surface area contributed by atoms with Gasteiger partial charge in [-0.3, -0.25) is 4.79 Å². The first-order valence-corrected chi connectivity index (χ1v) is 10.5. The van der Waals surface area contributed by atoms with Crippen molar-refractivity contribution < 1.29 is 18.0 Å². The maximum absolute atomic E-state index is 13.5. The first kappa shape index (κ1) is 21.0. The van der Waals surface area contributed by atoms with Crippen molar-refractivity contribution in [2.75, 3.05) is 4.90 Å². The van der Waals surface area contributed by atoms with Crippen LogP contribution in [0.4, 0.5) is 18.9 Å². The number of fused-ring (bicyclic) bond motifs is 1. The summed E-state index contributed by atoms with van der Waals surface area (Å²) in [4.78, 5) is 15.0. The highest BCUT2D eigenvalue weighted by atomic mass is 35.5. The van der Waals surface area contributed by atoms with Gasteiger partial charge in [-0.15, -0.1) is 0 Å². The van der Waals surface area contributed by atoms with Crippen LogP contribution < -0.4 is 15.8 Å². The van der Waals surface area contributed by atoms with E-state index in [9.17, 15) is 18.0 Å². The number of carbonyl (C=O) groups excluding carboxylic acids is 1. The zero-order chi connectivity index (χ0) is 22.5. The lowest BCUT2D eigenvalue weighted by molar-refractivity contribution is -0.137. The first-order chi connectivity index (χ1) is 15.3. The molecule has 0 saturated carbocycles. The van der Waals surface area contributed by atoms with Crippen LogP contribution >= 0.6 is 11.6 Å². The Morgan fingerprint density at radius 2 is 1.50 bits per heavy atom. The molecule has 0 bridgehead atoms. The summed E-state index contributed by atoms with van der Waals surface area (Å²) in [7, 11) is 0. The van der Waals surface area contributed by atoms with Gasteiger partial charge in [0.25, 0.3) is 0 Å². The minimum atomic E-state index is -4.50. The number of hydrogen-bond donors (Lipinski definition) is 2. The number of nitrogens with zero attached hydrogens (tertiary/aromatic N) is 1. The van der Waals surface area contributed by atoms with E-state index in [2.05, 4.69) is 10.9 Å². The van der Waals surface area contributed by atoms with Crippen LogP contribution in [0.5, 0.6) is 0 Å². The number of halogens is 4. The molecule has 2 fully saturated rings. The van der Waals surface area contributed by atoms with Gasteiger partial charge in [-0.05, 0) is 41.5 Å². The summed E-state index contributed by atoms with van der Waals surface area (Å²) >= 11 is 6.08. The van der Waals surface area contributed by atoms with Crippen molar-refractivity contribution in [3.8, 4) is 0 Å². The smallest absolute Gasteiger partial charge is 0.303 e. The molecule has 2 N–H and O–H groups in total. The summed E-state index contributed by atoms with van der Waals surface area (Å²) < 4.78 is 40.2. The summed E-state index contributed by atoms with van der Waals surface area (Å²) in [5.74, 6) is -0.527. The van der Waals surface area contributed by atoms with Gasteiger partial charge in [0.05, 0.1) is 17.6 Å². The molecule has 2 saturated heterocycles. The number of benzene rings is 3. The number of alkyl halides is 3. The Morgan fingerprint density at radius 1 is 0.812 bits per heavy atom. The Hall–Kier alpha value is -2.87. The van der Waals surface area contributed by atoms with E-state index in [-0.39, 0.29) is 23.6 Å². The summed E-state index contributed by atoms with van der Waals surface area (Å²) in [6, 6.07) is 20.4. The van der Waals surface area contributed by atoms with Crippen molar-refractivity contribution in [2.24, 2.45) is 5.92 Å². The van der Waals surface area contributed by atoms with Crippen LogP contribution in [0.1, 0.15) is 28.8 Å². The number of anilines is 1. The fraction of sp³-hybridized carbons (Fsp3) is 0.208. The summed E-state index contributed by atoms with van der Waals surface area (Å²) in [5, 5.41) is 0.544. The second kappa shape index (κ2) is 7.92. The number of nitrogens with one attached hydrogen (secondary N) is 2. The number of hydrazine groups is 1. The molecule has 4 nitrogen and oxygen atoms in total. The number of carbonyl (C=O) groups is 1. The van der Waals surface area contributed by atoms with E-state index < -0.39 is 23.8 Å². The largest absolute Gasteiger partial charge is 0.416 e. The lowest BCUT2D eigenvalue weighted by Gasteiger charge is -2.31. The van der Waals surface area contributed by atoms with Crippen molar-refractivity contribution in [3.05, 3.63) is 101 Å². The molecular formula is C24H19ClF3N3O. The molecule has 0 aliphatic carbocycles. The molecule has 2 heterocycles. The van der Waals surface area contributed by atoms with Gasteiger partial charge in [0.2, 0.25) is 5.91 Å². The number of rotatable bonds is 3. The molecule has 5 rings (SSSR count). The molecule has 32 heavy (non-hydrogen) atoms. The number of hydrogen-bond acceptors (Lipinski definition) is 3. The van der Waals surface area contributed by atoms with Crippen molar-refractivity contribution in [2.45, 2.75) is 24.3 Å². The molecule has 2 aliphatic heterocycles. The highest BCUT2D eigenvalue weighted by Gasteiger charge is 2.56. The summed E-state index contributed by atoms with van der Waals surface area (Å²) in [6.07, 6.45) is -4.50. The SMILES string of the molecule is O=C1C2NNC(c3ccccc3)C2C(c2ccc(Cl)cc2)N1c1cccc(C(F)(F)F)c1. The van der Waals surface area contributed by atoms with E-state index in [4.69, 9.17) is 11.6 Å². The predicted octanol–water partition coefficient (Wildman–Crippen LogP) is 5.28. The molecule has 0 aromatic heterocycles. The van der Waals surface area contributed by atoms with Crippen molar-refractivity contribution in [1.29, 1.82) is 0 Å². The second-order valence-electron chi connectivity index (χ2n) is 7.98. The third kappa shape index (κ3) is 3.56. The maximum Gasteiger partial charge on any atom is 0.416 e. The zero-order valence-corrected chi connectivity index (χ0v) is 17.4. The standard InChI is InChI=1S/C24H19ClF3N3O/c25-17-11-9-15(10-12-17)22-19-20(14-5-2-1-3-6-14)29-30-21(19)23(32)31(22)18-8-4-7-16(13-18)24(26,27)28/h1-13,19-22,29-30H. The van der Waals surface area contributed by atoms with Gasteiger partial charge in [0, 0.05) is 16.6 Å². The third-order valence-electron chi connectivity index (χ3n) is 6.13. The first-order valence-electron chi connectivity index (χ1n) is 10.2. The topological polar surface area (TPSA) is 44.4 Å². The van der Waals surface area contributed by atoms with Crippen LogP contribution in [0.3, 0.4) is 0 Å². The van der Waals surface area contributed by atoms with Gasteiger partial charge >= 0.3 is 6.18 Å². The Balaban J connectivity index is 1.63. The van der Waals surface area contributed by atoms with E-state index in [1.807, 2.05) is 42.5 Å². The molecule has 1 amide bonds. The van der Waals surface area contributed by atoms with Crippen molar-refractivity contribution in [1.82, 2.24) is 10.9 Å². The van der Waals surface area contributed by atoms with Crippen molar-refractivity contribution >= 4 is 23.2 Å². The molecular weight excluding hydrogens is 439 g/mol. The summed E-state index contributed by atoms with van der Waals surface area (Å²) in [6.45, 7) is 0. The molecule has 3 aromatic rings. The Labute approximate surface area is 188 Å². The molecule has 0 radical (unpaired) electrons. The van der Waals surface area contributed by atoms with Crippen LogP contribution in [-0.4, -0.2) is 11.9 Å². The van der Waals surface area contributed by atoms with Crippen LogP contribution in [0, 0.1) is 5.92 Å². The van der Waals surface area contributed by atoms with E-state index in [1.54, 1.807) is 18.2 Å². The highest BCUT2D eigenvalue weighted by Crippen LogP contribution is 2.49. The fourth-order valence-corrected chi connectivity index (χ4v) is 4.86. The second-order valence-corrected chi connectivity index (χ2v) is 8.42. The van der Waals surface area contributed by atoms with Crippen LogP contribution in [0.25, 0.3) is 0 Å². The normalized spacial score (nSPS) is 25.2. The maximum atomic E-state index is 13.5. The lowest BCUT2D eigenvalue weighted by atomic mass is 9.83. The van der Waals surface area contributed by atoms with Crippen LogP contribution in [0.2, 0.25) is 5.02 Å². The van der Waals surface area contributed by atoms with Crippen molar-refractivity contribution in [3.63, 3.8) is 0 Å². The molecule has 3 aromatic carbocycles. The van der Waals surface area contributed by atoms with Gasteiger partial charge in [0.15, 0.2) is 0 Å². The molecule has 8 heteroatoms. The Kier molecular flexibility index (Phi) is 5.20. The average molecular weight is 458 g/mol. The number of amides is 1. The Morgan fingerprint density at radius 3 is 2.19 bits per heavy atom. The van der Waals surface area contributed by atoms with Crippen LogP contribution in [0.15, 0.2) is 78.9 Å². The molecule has 0 spiro atoms. The fourth-order valence-electron chi connectivity index (χ4n) is 4.73. The zero-order valence-electron chi connectivity index (χ0n) is 16.7. The van der Waals surface area contributed by atoms with Gasteiger partial charge in [-0.2, -0.15) is 13.2 Å². The molecule has 2 aliphatic rings. The monoisotopic (exact) mass is 457 g/mol. The van der Waals surface area contributed by atoms with Gasteiger partial charge in [-0.1, -0.05) is 60.1 Å².